The van der Waals surface area contributed by atoms with Crippen LogP contribution in [0.5, 0.6) is 5.75 Å². The van der Waals surface area contributed by atoms with Crippen LogP contribution in [0.2, 0.25) is 0 Å². The molecule has 6 heteroatoms. The van der Waals surface area contributed by atoms with Gasteiger partial charge in [0.05, 0.1) is 6.42 Å². The molecule has 0 bridgehead atoms. The molecule has 1 amide bonds. The quantitative estimate of drug-likeness (QED) is 0.448. The molecule has 0 aliphatic rings. The van der Waals surface area contributed by atoms with E-state index in [0.29, 0.717) is 5.56 Å². The third kappa shape index (κ3) is 9.14. The van der Waals surface area contributed by atoms with E-state index in [9.17, 15) is 19.8 Å². The lowest BCUT2D eigenvalue weighted by molar-refractivity contribution is -0.141. The van der Waals surface area contributed by atoms with Gasteiger partial charge in [0.2, 0.25) is 5.91 Å². The molecule has 31 heavy (non-hydrogen) atoms. The summed E-state index contributed by atoms with van der Waals surface area (Å²) in [6, 6.07) is 24.7. The van der Waals surface area contributed by atoms with Gasteiger partial charge in [0, 0.05) is 6.42 Å². The Balaban J connectivity index is 0.000000316. The summed E-state index contributed by atoms with van der Waals surface area (Å²) in [4.78, 5) is 23.3. The maximum atomic E-state index is 12.0. The fourth-order valence-electron chi connectivity index (χ4n) is 2.91. The van der Waals surface area contributed by atoms with Crippen molar-refractivity contribution in [3.63, 3.8) is 0 Å². The van der Waals surface area contributed by atoms with Crippen LogP contribution in [0, 0.1) is 0 Å². The summed E-state index contributed by atoms with van der Waals surface area (Å²) in [5, 5.41) is 21.0. The number of aliphatic carboxylic acids is 1. The minimum Gasteiger partial charge on any atom is -0.508 e. The molecule has 3 rings (SSSR count). The van der Waals surface area contributed by atoms with Crippen LogP contribution in [-0.4, -0.2) is 34.7 Å². The second-order valence-electron chi connectivity index (χ2n) is 7.02. The van der Waals surface area contributed by atoms with Crippen LogP contribution in [0.1, 0.15) is 16.7 Å². The second-order valence-corrected chi connectivity index (χ2v) is 7.02. The molecule has 6 nitrogen and oxygen atoms in total. The maximum absolute atomic E-state index is 12.0. The molecule has 162 valence electrons. The number of carboxylic acid groups (broad SMARTS) is 1. The highest BCUT2D eigenvalue weighted by Gasteiger charge is 2.20. The van der Waals surface area contributed by atoms with Crippen molar-refractivity contribution in [2.45, 2.75) is 25.3 Å². The van der Waals surface area contributed by atoms with E-state index in [1.54, 1.807) is 12.1 Å². The van der Waals surface area contributed by atoms with E-state index in [-0.39, 0.29) is 24.5 Å². The van der Waals surface area contributed by atoms with Gasteiger partial charge in [-0.05, 0) is 41.8 Å². The Morgan fingerprint density at radius 3 is 1.87 bits per heavy atom. The van der Waals surface area contributed by atoms with Crippen molar-refractivity contribution < 1.29 is 19.8 Å². The van der Waals surface area contributed by atoms with Crippen LogP contribution >= 0.6 is 0 Å². The van der Waals surface area contributed by atoms with E-state index < -0.39 is 12.0 Å². The monoisotopic (exact) mass is 420 g/mol. The molecule has 0 heterocycles. The Kier molecular flexibility index (Phi) is 9.78. The third-order valence-corrected chi connectivity index (χ3v) is 4.49. The Morgan fingerprint density at radius 1 is 0.806 bits per heavy atom. The van der Waals surface area contributed by atoms with E-state index in [1.165, 1.54) is 17.7 Å². The van der Waals surface area contributed by atoms with E-state index in [2.05, 4.69) is 17.4 Å². The number of amides is 1. The minimum absolute atomic E-state index is 0.0683. The van der Waals surface area contributed by atoms with Gasteiger partial charge >= 0.3 is 5.97 Å². The highest BCUT2D eigenvalue weighted by atomic mass is 16.4. The molecule has 3 aromatic carbocycles. The first-order valence-corrected chi connectivity index (χ1v) is 10.1. The Morgan fingerprint density at radius 2 is 1.35 bits per heavy atom. The lowest BCUT2D eigenvalue weighted by Crippen LogP contribution is -2.43. The van der Waals surface area contributed by atoms with Crippen molar-refractivity contribution in [3.8, 4) is 5.75 Å². The van der Waals surface area contributed by atoms with Gasteiger partial charge in [-0.3, -0.25) is 4.79 Å². The molecule has 0 spiro atoms. The van der Waals surface area contributed by atoms with Crippen molar-refractivity contribution in [3.05, 3.63) is 102 Å². The lowest BCUT2D eigenvalue weighted by atomic mass is 10.1. The highest BCUT2D eigenvalue weighted by molar-refractivity contribution is 5.85. The van der Waals surface area contributed by atoms with Crippen molar-refractivity contribution in [1.82, 2.24) is 5.32 Å². The van der Waals surface area contributed by atoms with Crippen LogP contribution in [0.25, 0.3) is 0 Å². The van der Waals surface area contributed by atoms with Crippen LogP contribution in [0.15, 0.2) is 84.9 Å². The van der Waals surface area contributed by atoms with Crippen LogP contribution in [0.4, 0.5) is 0 Å². The predicted molar refractivity (Wildman–Crippen MR) is 121 cm³/mol. The van der Waals surface area contributed by atoms with Crippen molar-refractivity contribution in [2.24, 2.45) is 5.73 Å². The highest BCUT2D eigenvalue weighted by Crippen LogP contribution is 2.10. The Labute approximate surface area is 182 Å². The number of aromatic hydroxyl groups is 1. The Hall–Kier alpha value is -3.64. The standard InChI is InChI=1S/C17H17NO4.C8H11N/c19-14-8-6-13(7-9-14)11-16(20)18-15(17(21)22)10-12-4-2-1-3-5-12;9-7-6-8-4-2-1-3-5-8/h1-9,15,19H,10-11H2,(H,18,20)(H,21,22);1-5H,6-7,9H2/t15-;/m0./s1. The molecule has 0 fully saturated rings. The van der Waals surface area contributed by atoms with E-state index in [0.717, 1.165) is 18.5 Å². The number of benzene rings is 3. The van der Waals surface area contributed by atoms with E-state index in [4.69, 9.17) is 5.73 Å². The zero-order valence-corrected chi connectivity index (χ0v) is 17.3. The molecule has 0 saturated carbocycles. The molecule has 0 aliphatic heterocycles. The van der Waals surface area contributed by atoms with Crippen LogP contribution in [0.3, 0.4) is 0 Å². The van der Waals surface area contributed by atoms with Gasteiger partial charge in [0.15, 0.2) is 0 Å². The summed E-state index contributed by atoms with van der Waals surface area (Å²) < 4.78 is 0. The number of carbonyl (C=O) groups excluding carboxylic acids is 1. The zero-order chi connectivity index (χ0) is 22.5. The van der Waals surface area contributed by atoms with Gasteiger partial charge in [0.1, 0.15) is 11.8 Å². The number of carbonyl (C=O) groups is 2. The number of hydrogen-bond acceptors (Lipinski definition) is 4. The Bertz CT molecular complexity index is 929. The van der Waals surface area contributed by atoms with Gasteiger partial charge in [-0.1, -0.05) is 72.8 Å². The molecular formula is C25H28N2O4. The number of rotatable bonds is 8. The number of nitrogens with one attached hydrogen (secondary N) is 1. The molecule has 5 N–H and O–H groups in total. The molecule has 3 aromatic rings. The van der Waals surface area contributed by atoms with Crippen molar-refractivity contribution in [1.29, 1.82) is 0 Å². The summed E-state index contributed by atoms with van der Waals surface area (Å²) in [6.07, 6.45) is 1.29. The molecule has 1 atom stereocenters. The average molecular weight is 421 g/mol. The molecular weight excluding hydrogens is 392 g/mol. The number of phenols is 1. The summed E-state index contributed by atoms with van der Waals surface area (Å²) >= 11 is 0. The van der Waals surface area contributed by atoms with E-state index >= 15 is 0 Å². The summed E-state index contributed by atoms with van der Waals surface area (Å²) in [7, 11) is 0. The maximum Gasteiger partial charge on any atom is 0.326 e. The fourth-order valence-corrected chi connectivity index (χ4v) is 2.91. The SMILES string of the molecule is NCCc1ccccc1.O=C(Cc1ccc(O)cc1)N[C@@H](Cc1ccccc1)C(=O)O. The van der Waals surface area contributed by atoms with Crippen LogP contribution in [-0.2, 0) is 28.9 Å². The number of carboxylic acids is 1. The summed E-state index contributed by atoms with van der Waals surface area (Å²) in [6.45, 7) is 0.740. The zero-order valence-electron chi connectivity index (χ0n) is 17.3. The van der Waals surface area contributed by atoms with Crippen LogP contribution < -0.4 is 11.1 Å². The topological polar surface area (TPSA) is 113 Å². The van der Waals surface area contributed by atoms with E-state index in [1.807, 2.05) is 48.5 Å². The molecule has 0 aromatic heterocycles. The largest absolute Gasteiger partial charge is 0.508 e. The van der Waals surface area contributed by atoms with Gasteiger partial charge in [-0.25, -0.2) is 4.79 Å². The molecule has 0 radical (unpaired) electrons. The number of phenolic OH excluding ortho intramolecular Hbond substituents is 1. The fraction of sp³-hybridized carbons (Fsp3) is 0.200. The first-order chi connectivity index (χ1) is 15.0. The normalized spacial score (nSPS) is 11.0. The summed E-state index contributed by atoms with van der Waals surface area (Å²) in [5.41, 5.74) is 8.23. The average Bonchev–Trinajstić information content (AvgIpc) is 2.77. The second kappa shape index (κ2) is 12.8. The van der Waals surface area contributed by atoms with Gasteiger partial charge < -0.3 is 21.3 Å². The van der Waals surface area contributed by atoms with Crippen molar-refractivity contribution in [2.75, 3.05) is 6.54 Å². The first-order valence-electron chi connectivity index (χ1n) is 10.1. The lowest BCUT2D eigenvalue weighted by Gasteiger charge is -2.14. The van der Waals surface area contributed by atoms with Gasteiger partial charge in [-0.2, -0.15) is 0 Å². The molecule has 0 aliphatic carbocycles. The molecule has 0 unspecified atom stereocenters. The smallest absolute Gasteiger partial charge is 0.326 e. The summed E-state index contributed by atoms with van der Waals surface area (Å²) in [5.74, 6) is -1.31. The van der Waals surface area contributed by atoms with Gasteiger partial charge in [0.25, 0.3) is 0 Å². The third-order valence-electron chi connectivity index (χ3n) is 4.49. The molecule has 0 saturated heterocycles. The number of nitrogens with two attached hydrogens (primary N) is 1. The first kappa shape index (κ1) is 23.6. The number of hydrogen-bond donors (Lipinski definition) is 4. The minimum atomic E-state index is -1.07. The van der Waals surface area contributed by atoms with Gasteiger partial charge in [-0.15, -0.1) is 0 Å². The van der Waals surface area contributed by atoms with Crippen molar-refractivity contribution >= 4 is 11.9 Å². The predicted octanol–water partition coefficient (Wildman–Crippen LogP) is 2.93.